The molecule has 0 radical (unpaired) electrons. The van der Waals surface area contributed by atoms with Gasteiger partial charge in [-0.05, 0) is 45.1 Å². The Morgan fingerprint density at radius 1 is 1.07 bits per heavy atom. The van der Waals surface area contributed by atoms with Gasteiger partial charge in [0, 0.05) is 55.7 Å². The van der Waals surface area contributed by atoms with E-state index in [0.717, 1.165) is 30.5 Å². The quantitative estimate of drug-likeness (QED) is 0.592. The zero-order valence-corrected chi connectivity index (χ0v) is 18.1. The van der Waals surface area contributed by atoms with Crippen molar-refractivity contribution in [2.45, 2.75) is 25.4 Å². The lowest BCUT2D eigenvalue weighted by molar-refractivity contribution is 0.390. The van der Waals surface area contributed by atoms with Crippen molar-refractivity contribution in [1.29, 1.82) is 0 Å². The summed E-state index contributed by atoms with van der Waals surface area (Å²) in [5.74, 6) is 0.698. The van der Waals surface area contributed by atoms with Crippen molar-refractivity contribution in [3.63, 3.8) is 0 Å². The van der Waals surface area contributed by atoms with Crippen LogP contribution in [0.5, 0.6) is 0 Å². The first kappa shape index (κ1) is 20.6. The average molecular weight is 429 g/mol. The van der Waals surface area contributed by atoms with Crippen LogP contribution in [-0.4, -0.2) is 51.2 Å². The standard InChI is InChI=1S/C21H25ClN6O2/c1-25(2)13-14-11-23-21(24-12-14)27-8-6-16(7-9-27)28-17-5-4-15(22)10-18(17)26(3)19(29)20(28)30/h4-5,10-12,16H,6-9,13H2,1-3H3. The van der Waals surface area contributed by atoms with Gasteiger partial charge in [0.1, 0.15) is 0 Å². The lowest BCUT2D eigenvalue weighted by Crippen LogP contribution is -2.45. The topological polar surface area (TPSA) is 76.3 Å². The molecule has 0 atom stereocenters. The number of fused-ring (bicyclic) bond motifs is 1. The van der Waals surface area contributed by atoms with Crippen LogP contribution in [0.4, 0.5) is 5.95 Å². The number of piperidine rings is 1. The van der Waals surface area contributed by atoms with E-state index in [0.29, 0.717) is 29.6 Å². The van der Waals surface area contributed by atoms with Crippen molar-refractivity contribution in [2.24, 2.45) is 7.05 Å². The van der Waals surface area contributed by atoms with Crippen LogP contribution in [0.25, 0.3) is 11.0 Å². The molecule has 8 nitrogen and oxygen atoms in total. The smallest absolute Gasteiger partial charge is 0.317 e. The van der Waals surface area contributed by atoms with Crippen molar-refractivity contribution >= 4 is 28.6 Å². The number of hydrogen-bond donors (Lipinski definition) is 0. The summed E-state index contributed by atoms with van der Waals surface area (Å²) in [5.41, 5.74) is 1.43. The van der Waals surface area contributed by atoms with E-state index in [4.69, 9.17) is 11.6 Å². The molecule has 0 N–H and O–H groups in total. The lowest BCUT2D eigenvalue weighted by Gasteiger charge is -2.33. The second-order valence-corrected chi connectivity index (χ2v) is 8.46. The highest BCUT2D eigenvalue weighted by atomic mass is 35.5. The fourth-order valence-corrected chi connectivity index (χ4v) is 4.25. The molecule has 2 aromatic heterocycles. The maximum absolute atomic E-state index is 12.8. The van der Waals surface area contributed by atoms with Crippen LogP contribution in [0.3, 0.4) is 0 Å². The van der Waals surface area contributed by atoms with Crippen LogP contribution in [0.2, 0.25) is 5.02 Å². The minimum Gasteiger partial charge on any atom is -0.341 e. The van der Waals surface area contributed by atoms with Gasteiger partial charge in [-0.1, -0.05) is 11.6 Å². The first-order valence-electron chi connectivity index (χ1n) is 9.96. The molecule has 0 spiro atoms. The van der Waals surface area contributed by atoms with Gasteiger partial charge in [-0.3, -0.25) is 14.2 Å². The Labute approximate surface area is 179 Å². The normalized spacial score (nSPS) is 15.3. The summed E-state index contributed by atoms with van der Waals surface area (Å²) in [4.78, 5) is 38.5. The number of aryl methyl sites for hydroxylation is 1. The number of halogens is 1. The first-order chi connectivity index (χ1) is 14.3. The van der Waals surface area contributed by atoms with E-state index in [1.54, 1.807) is 23.7 Å². The summed E-state index contributed by atoms with van der Waals surface area (Å²) in [7, 11) is 5.62. The molecule has 9 heteroatoms. The summed E-state index contributed by atoms with van der Waals surface area (Å²) >= 11 is 6.12. The molecule has 0 unspecified atom stereocenters. The maximum atomic E-state index is 12.8. The van der Waals surface area contributed by atoms with Gasteiger partial charge in [-0.2, -0.15) is 0 Å². The van der Waals surface area contributed by atoms with Crippen LogP contribution < -0.4 is 16.0 Å². The van der Waals surface area contributed by atoms with E-state index in [2.05, 4.69) is 19.8 Å². The molecule has 1 aromatic carbocycles. The highest BCUT2D eigenvalue weighted by Gasteiger charge is 2.25. The molecular weight excluding hydrogens is 404 g/mol. The van der Waals surface area contributed by atoms with E-state index in [1.165, 1.54) is 4.57 Å². The molecule has 3 heterocycles. The summed E-state index contributed by atoms with van der Waals surface area (Å²) in [6.07, 6.45) is 5.18. The van der Waals surface area contributed by atoms with Gasteiger partial charge in [0.25, 0.3) is 0 Å². The minimum absolute atomic E-state index is 0.0562. The Kier molecular flexibility index (Phi) is 5.62. The number of anilines is 1. The molecule has 3 aromatic rings. The van der Waals surface area contributed by atoms with Crippen LogP contribution in [0.15, 0.2) is 40.2 Å². The van der Waals surface area contributed by atoms with Crippen molar-refractivity contribution < 1.29 is 0 Å². The summed E-state index contributed by atoms with van der Waals surface area (Å²) in [6, 6.07) is 5.24. The summed E-state index contributed by atoms with van der Waals surface area (Å²) in [5, 5.41) is 0.535. The molecule has 1 aliphatic rings. The summed E-state index contributed by atoms with van der Waals surface area (Å²) < 4.78 is 3.02. The lowest BCUT2D eigenvalue weighted by atomic mass is 10.0. The predicted molar refractivity (Wildman–Crippen MR) is 118 cm³/mol. The van der Waals surface area contributed by atoms with Gasteiger partial charge >= 0.3 is 11.1 Å². The number of nitrogens with zero attached hydrogens (tertiary/aromatic N) is 6. The van der Waals surface area contributed by atoms with Gasteiger partial charge in [-0.15, -0.1) is 0 Å². The zero-order valence-electron chi connectivity index (χ0n) is 17.4. The zero-order chi connectivity index (χ0) is 21.4. The number of rotatable bonds is 4. The van der Waals surface area contributed by atoms with Crippen LogP contribution in [0.1, 0.15) is 24.4 Å². The Balaban J connectivity index is 1.58. The third kappa shape index (κ3) is 3.85. The molecule has 158 valence electrons. The first-order valence-corrected chi connectivity index (χ1v) is 10.3. The molecular formula is C21H25ClN6O2. The van der Waals surface area contributed by atoms with Crippen LogP contribution in [0, 0.1) is 0 Å². The second kappa shape index (κ2) is 8.20. The van der Waals surface area contributed by atoms with Crippen molar-refractivity contribution in [1.82, 2.24) is 24.0 Å². The monoisotopic (exact) mass is 428 g/mol. The third-order valence-electron chi connectivity index (χ3n) is 5.57. The minimum atomic E-state index is -0.535. The average Bonchev–Trinajstić information content (AvgIpc) is 2.73. The highest BCUT2D eigenvalue weighted by molar-refractivity contribution is 6.31. The largest absolute Gasteiger partial charge is 0.341 e. The van der Waals surface area contributed by atoms with E-state index in [1.807, 2.05) is 32.6 Å². The molecule has 1 saturated heterocycles. The van der Waals surface area contributed by atoms with E-state index in [9.17, 15) is 9.59 Å². The molecule has 0 saturated carbocycles. The van der Waals surface area contributed by atoms with Gasteiger partial charge < -0.3 is 14.4 Å². The van der Waals surface area contributed by atoms with E-state index >= 15 is 0 Å². The predicted octanol–water partition coefficient (Wildman–Crippen LogP) is 2.05. The SMILES string of the molecule is CN(C)Cc1cnc(N2CCC(n3c(=O)c(=O)n(C)c4cc(Cl)ccc43)CC2)nc1. The number of aromatic nitrogens is 4. The third-order valence-corrected chi connectivity index (χ3v) is 5.80. The molecule has 0 aliphatic carbocycles. The molecule has 0 amide bonds. The Morgan fingerprint density at radius 3 is 2.37 bits per heavy atom. The van der Waals surface area contributed by atoms with Gasteiger partial charge in [0.05, 0.1) is 11.0 Å². The number of benzene rings is 1. The van der Waals surface area contributed by atoms with Crippen LogP contribution >= 0.6 is 11.6 Å². The molecule has 1 aliphatic heterocycles. The molecule has 0 bridgehead atoms. The van der Waals surface area contributed by atoms with Crippen molar-refractivity contribution in [3.8, 4) is 0 Å². The van der Waals surface area contributed by atoms with Gasteiger partial charge in [0.15, 0.2) is 0 Å². The second-order valence-electron chi connectivity index (χ2n) is 8.02. The van der Waals surface area contributed by atoms with Crippen LogP contribution in [-0.2, 0) is 13.6 Å². The maximum Gasteiger partial charge on any atom is 0.317 e. The summed E-state index contributed by atoms with van der Waals surface area (Å²) in [6.45, 7) is 2.23. The van der Waals surface area contributed by atoms with Crippen molar-refractivity contribution in [3.05, 3.63) is 61.9 Å². The Bertz CT molecular complexity index is 1180. The van der Waals surface area contributed by atoms with E-state index < -0.39 is 11.1 Å². The highest BCUT2D eigenvalue weighted by Crippen LogP contribution is 2.27. The molecule has 4 rings (SSSR count). The molecule has 1 fully saturated rings. The Hall–Kier alpha value is -2.71. The fourth-order valence-electron chi connectivity index (χ4n) is 4.08. The van der Waals surface area contributed by atoms with E-state index in [-0.39, 0.29) is 6.04 Å². The molecule has 30 heavy (non-hydrogen) atoms. The van der Waals surface area contributed by atoms with Gasteiger partial charge in [0.2, 0.25) is 5.95 Å². The number of hydrogen-bond acceptors (Lipinski definition) is 6. The Morgan fingerprint density at radius 2 is 1.73 bits per heavy atom. The van der Waals surface area contributed by atoms with Gasteiger partial charge in [-0.25, -0.2) is 9.97 Å². The van der Waals surface area contributed by atoms with Crippen molar-refractivity contribution in [2.75, 3.05) is 32.1 Å². The fraction of sp³-hybridized carbons (Fsp3) is 0.429.